The van der Waals surface area contributed by atoms with Gasteiger partial charge in [0.2, 0.25) is 17.0 Å². The van der Waals surface area contributed by atoms with Crippen LogP contribution in [-0.2, 0) is 16.0 Å². The molecule has 1 fully saturated rings. The smallest absolute Gasteiger partial charge is 0.229 e. The van der Waals surface area contributed by atoms with E-state index in [9.17, 15) is 9.59 Å². The van der Waals surface area contributed by atoms with Gasteiger partial charge in [0, 0.05) is 37.2 Å². The summed E-state index contributed by atoms with van der Waals surface area (Å²) in [6.07, 6.45) is 3.83. The molecule has 0 radical (unpaired) electrons. The monoisotopic (exact) mass is 390 g/mol. The molecule has 0 aliphatic carbocycles. The summed E-state index contributed by atoms with van der Waals surface area (Å²) in [4.78, 5) is 30.8. The molecule has 1 saturated heterocycles. The van der Waals surface area contributed by atoms with Crippen LogP contribution in [0, 0.1) is 19.8 Å². The Hall–Kier alpha value is -2.41. The maximum Gasteiger partial charge on any atom is 0.229 e. The maximum absolute atomic E-state index is 12.4. The first-order valence-electron chi connectivity index (χ1n) is 9.06. The number of carbonyl (C=O) groups is 2. The maximum atomic E-state index is 12.4. The first-order chi connectivity index (χ1) is 12.9. The molecule has 7 nitrogen and oxygen atoms in total. The third-order valence-corrected chi connectivity index (χ3v) is 5.21. The van der Waals surface area contributed by atoms with Crippen LogP contribution in [0.5, 0.6) is 0 Å². The Labute approximate surface area is 163 Å². The van der Waals surface area contributed by atoms with Crippen LogP contribution in [0.2, 0.25) is 5.22 Å². The lowest BCUT2D eigenvalue weighted by Crippen LogP contribution is -2.41. The van der Waals surface area contributed by atoms with E-state index in [1.165, 1.54) is 0 Å². The second-order valence-electron chi connectivity index (χ2n) is 6.88. The summed E-state index contributed by atoms with van der Waals surface area (Å²) >= 11 is 5.94. The zero-order valence-corrected chi connectivity index (χ0v) is 16.3. The van der Waals surface area contributed by atoms with Crippen LogP contribution in [0.15, 0.2) is 22.9 Å². The van der Waals surface area contributed by atoms with Gasteiger partial charge in [-0.25, -0.2) is 4.98 Å². The Morgan fingerprint density at radius 3 is 2.70 bits per heavy atom. The molecule has 8 heteroatoms. The van der Waals surface area contributed by atoms with Gasteiger partial charge in [-0.1, -0.05) is 5.16 Å². The summed E-state index contributed by atoms with van der Waals surface area (Å²) in [7, 11) is 0. The highest BCUT2D eigenvalue weighted by atomic mass is 35.5. The summed E-state index contributed by atoms with van der Waals surface area (Å²) in [5.41, 5.74) is 2.54. The number of hydrogen-bond acceptors (Lipinski definition) is 5. The third kappa shape index (κ3) is 4.86. The lowest BCUT2D eigenvalue weighted by molar-refractivity contribution is -0.134. The van der Waals surface area contributed by atoms with Crippen molar-refractivity contribution in [1.82, 2.24) is 15.0 Å². The molecule has 0 saturated carbocycles. The van der Waals surface area contributed by atoms with Crippen LogP contribution in [0.3, 0.4) is 0 Å². The number of anilines is 1. The number of carbonyl (C=O) groups excluding carboxylic acids is 2. The molecule has 2 amide bonds. The fraction of sp³-hybridized carbons (Fsp3) is 0.474. The van der Waals surface area contributed by atoms with Gasteiger partial charge in [0.15, 0.2) is 0 Å². The first-order valence-corrected chi connectivity index (χ1v) is 9.44. The lowest BCUT2D eigenvalue weighted by atomic mass is 9.95. The van der Waals surface area contributed by atoms with Crippen molar-refractivity contribution in [3.05, 3.63) is 40.4 Å². The normalized spacial score (nSPS) is 15.0. The molecule has 3 rings (SSSR count). The number of amides is 2. The molecule has 2 aromatic heterocycles. The van der Waals surface area contributed by atoms with Gasteiger partial charge in [-0.15, -0.1) is 0 Å². The molecular formula is C19H23ClN4O3. The number of piperidine rings is 1. The average Bonchev–Trinajstić information content (AvgIpc) is 2.97. The van der Waals surface area contributed by atoms with E-state index in [4.69, 9.17) is 16.1 Å². The second-order valence-corrected chi connectivity index (χ2v) is 7.23. The standard InChI is InChI=1S/C19H23ClN4O3/c1-12-5-8-21-16(11-12)22-19(26)14-6-9-24(10-7-14)17(25)4-3-15-13(2)23-27-18(15)20/h5,8,11,14H,3-4,6-7,9-10H2,1-2H3,(H,21,22,26). The van der Waals surface area contributed by atoms with E-state index in [0.717, 1.165) is 11.1 Å². The number of aryl methyl sites for hydroxylation is 2. The minimum Gasteiger partial charge on any atom is -0.344 e. The fourth-order valence-electron chi connectivity index (χ4n) is 3.25. The zero-order valence-electron chi connectivity index (χ0n) is 15.5. The highest BCUT2D eigenvalue weighted by Crippen LogP contribution is 2.23. The Balaban J connectivity index is 1.46. The number of likely N-dealkylation sites (tertiary alicyclic amines) is 1. The average molecular weight is 391 g/mol. The van der Waals surface area contributed by atoms with E-state index in [-0.39, 0.29) is 23.0 Å². The Kier molecular flexibility index (Phi) is 6.11. The molecule has 2 aromatic rings. The number of pyridine rings is 1. The largest absolute Gasteiger partial charge is 0.344 e. The molecular weight excluding hydrogens is 368 g/mol. The molecule has 27 heavy (non-hydrogen) atoms. The molecule has 0 bridgehead atoms. The van der Waals surface area contributed by atoms with Crippen molar-refractivity contribution in [2.75, 3.05) is 18.4 Å². The molecule has 0 unspecified atom stereocenters. The quantitative estimate of drug-likeness (QED) is 0.847. The van der Waals surface area contributed by atoms with E-state index in [0.29, 0.717) is 50.3 Å². The number of nitrogens with one attached hydrogen (secondary N) is 1. The summed E-state index contributed by atoms with van der Waals surface area (Å²) in [5, 5.41) is 6.91. The zero-order chi connectivity index (χ0) is 19.4. The number of hydrogen-bond donors (Lipinski definition) is 1. The topological polar surface area (TPSA) is 88.3 Å². The second kappa shape index (κ2) is 8.52. The van der Waals surface area contributed by atoms with Crippen LogP contribution in [0.4, 0.5) is 5.82 Å². The van der Waals surface area contributed by atoms with Crippen molar-refractivity contribution >= 4 is 29.2 Å². The number of halogens is 1. The molecule has 0 aromatic carbocycles. The van der Waals surface area contributed by atoms with Crippen LogP contribution in [0.25, 0.3) is 0 Å². The lowest BCUT2D eigenvalue weighted by Gasteiger charge is -2.31. The van der Waals surface area contributed by atoms with Gasteiger partial charge < -0.3 is 14.7 Å². The Morgan fingerprint density at radius 2 is 2.07 bits per heavy atom. The fourth-order valence-corrected chi connectivity index (χ4v) is 3.52. The van der Waals surface area contributed by atoms with Crippen LogP contribution >= 0.6 is 11.6 Å². The predicted molar refractivity (Wildman–Crippen MR) is 101 cm³/mol. The van der Waals surface area contributed by atoms with Gasteiger partial charge in [-0.3, -0.25) is 9.59 Å². The highest BCUT2D eigenvalue weighted by molar-refractivity contribution is 6.29. The molecule has 3 heterocycles. The van der Waals surface area contributed by atoms with Gasteiger partial charge >= 0.3 is 0 Å². The van der Waals surface area contributed by atoms with Crippen molar-refractivity contribution in [2.45, 2.75) is 39.5 Å². The highest BCUT2D eigenvalue weighted by Gasteiger charge is 2.27. The minimum atomic E-state index is -0.105. The van der Waals surface area contributed by atoms with Gasteiger partial charge in [0.1, 0.15) is 5.82 Å². The van der Waals surface area contributed by atoms with E-state index in [2.05, 4.69) is 15.5 Å². The van der Waals surface area contributed by atoms with Crippen LogP contribution in [0.1, 0.15) is 36.1 Å². The molecule has 1 aliphatic rings. The van der Waals surface area contributed by atoms with E-state index >= 15 is 0 Å². The van der Waals surface area contributed by atoms with Crippen LogP contribution < -0.4 is 5.32 Å². The number of nitrogens with zero attached hydrogens (tertiary/aromatic N) is 3. The minimum absolute atomic E-state index is 0.0351. The predicted octanol–water partition coefficient (Wildman–Crippen LogP) is 3.15. The van der Waals surface area contributed by atoms with Crippen molar-refractivity contribution in [3.8, 4) is 0 Å². The number of rotatable bonds is 5. The summed E-state index contributed by atoms with van der Waals surface area (Å²) in [6, 6.07) is 3.72. The van der Waals surface area contributed by atoms with E-state index < -0.39 is 0 Å². The Morgan fingerprint density at radius 1 is 1.33 bits per heavy atom. The van der Waals surface area contributed by atoms with Crippen molar-refractivity contribution in [1.29, 1.82) is 0 Å². The van der Waals surface area contributed by atoms with Gasteiger partial charge in [0.05, 0.1) is 5.69 Å². The van der Waals surface area contributed by atoms with Crippen molar-refractivity contribution in [3.63, 3.8) is 0 Å². The van der Waals surface area contributed by atoms with Gasteiger partial charge in [-0.05, 0) is 62.4 Å². The summed E-state index contributed by atoms with van der Waals surface area (Å²) in [5.74, 6) is 0.489. The molecule has 0 atom stereocenters. The number of aromatic nitrogens is 2. The Bertz CT molecular complexity index is 809. The van der Waals surface area contributed by atoms with Crippen LogP contribution in [-0.4, -0.2) is 39.9 Å². The van der Waals surface area contributed by atoms with Gasteiger partial charge in [0.25, 0.3) is 0 Å². The van der Waals surface area contributed by atoms with Crippen molar-refractivity contribution < 1.29 is 14.1 Å². The first kappa shape index (κ1) is 19.4. The summed E-state index contributed by atoms with van der Waals surface area (Å²) < 4.78 is 4.91. The van der Waals surface area contributed by atoms with Crippen molar-refractivity contribution in [2.24, 2.45) is 5.92 Å². The van der Waals surface area contributed by atoms with E-state index in [1.807, 2.05) is 30.9 Å². The molecule has 0 spiro atoms. The molecule has 1 aliphatic heterocycles. The summed E-state index contributed by atoms with van der Waals surface area (Å²) in [6.45, 7) is 4.92. The molecule has 144 valence electrons. The molecule has 1 N–H and O–H groups in total. The van der Waals surface area contributed by atoms with E-state index in [1.54, 1.807) is 6.20 Å². The third-order valence-electron chi connectivity index (χ3n) is 4.91. The SMILES string of the molecule is Cc1ccnc(NC(=O)C2CCN(C(=O)CCc3c(C)noc3Cl)CC2)c1. The van der Waals surface area contributed by atoms with Gasteiger partial charge in [-0.2, -0.15) is 0 Å².